The number of aliphatic hydroxyl groups excluding tert-OH is 1. The molecule has 7 nitrogen and oxygen atoms in total. The van der Waals surface area contributed by atoms with Crippen LogP contribution in [0.5, 0.6) is 5.75 Å². The molecule has 3 aliphatic heterocycles. The SMILES string of the molecule is COc1ccc(C(C)(C)[C@@H]2[C@@H](CCO)O[C@]3(C(=O)N(Cc4cccc(N5CCC5=O)c4)c4ccccc43)[C@H]2C)cc1. The summed E-state index contributed by atoms with van der Waals surface area (Å²) >= 11 is 0. The molecule has 0 bridgehead atoms. The number of carbonyl (C=O) groups is 2. The van der Waals surface area contributed by atoms with Crippen LogP contribution in [0.25, 0.3) is 0 Å². The summed E-state index contributed by atoms with van der Waals surface area (Å²) in [5.41, 5.74) is 3.17. The van der Waals surface area contributed by atoms with Crippen molar-refractivity contribution in [1.82, 2.24) is 0 Å². The van der Waals surface area contributed by atoms with Crippen molar-refractivity contribution < 1.29 is 24.2 Å². The van der Waals surface area contributed by atoms with Crippen molar-refractivity contribution in [3.05, 3.63) is 89.5 Å². The van der Waals surface area contributed by atoms with Gasteiger partial charge in [0, 0.05) is 42.7 Å². The number of rotatable bonds is 8. The lowest BCUT2D eigenvalue weighted by Gasteiger charge is -2.38. The molecule has 3 aromatic rings. The molecule has 41 heavy (non-hydrogen) atoms. The first-order chi connectivity index (χ1) is 19.7. The van der Waals surface area contributed by atoms with Gasteiger partial charge in [-0.15, -0.1) is 0 Å². The maximum Gasteiger partial charge on any atom is 0.264 e. The maximum atomic E-state index is 14.6. The van der Waals surface area contributed by atoms with Crippen LogP contribution in [0.1, 0.15) is 50.3 Å². The number of nitrogens with zero attached hydrogens (tertiary/aromatic N) is 2. The molecule has 2 fully saturated rings. The summed E-state index contributed by atoms with van der Waals surface area (Å²) in [6.07, 6.45) is 0.700. The summed E-state index contributed by atoms with van der Waals surface area (Å²) in [7, 11) is 1.66. The third-order valence-corrected chi connectivity index (χ3v) is 9.57. The molecule has 1 N–H and O–H groups in total. The monoisotopic (exact) mass is 554 g/mol. The minimum Gasteiger partial charge on any atom is -0.497 e. The van der Waals surface area contributed by atoms with Gasteiger partial charge in [0.15, 0.2) is 5.60 Å². The minimum atomic E-state index is -1.16. The second-order valence-electron chi connectivity index (χ2n) is 12.0. The summed E-state index contributed by atoms with van der Waals surface area (Å²) in [5.74, 6) is 0.632. The lowest BCUT2D eigenvalue weighted by molar-refractivity contribution is -0.146. The molecule has 7 heteroatoms. The van der Waals surface area contributed by atoms with Crippen LogP contribution < -0.4 is 14.5 Å². The Morgan fingerprint density at radius 3 is 2.46 bits per heavy atom. The Balaban J connectivity index is 1.38. The molecule has 3 aromatic carbocycles. The van der Waals surface area contributed by atoms with E-state index in [1.807, 2.05) is 65.6 Å². The molecule has 3 heterocycles. The first kappa shape index (κ1) is 27.5. The van der Waals surface area contributed by atoms with Crippen LogP contribution in [0.4, 0.5) is 11.4 Å². The topological polar surface area (TPSA) is 79.3 Å². The van der Waals surface area contributed by atoms with Gasteiger partial charge >= 0.3 is 0 Å². The number of fused-ring (bicyclic) bond motifs is 2. The van der Waals surface area contributed by atoms with E-state index in [4.69, 9.17) is 9.47 Å². The normalized spacial score (nSPS) is 25.5. The number of hydrogen-bond acceptors (Lipinski definition) is 5. The second kappa shape index (κ2) is 10.3. The number of carbonyl (C=O) groups excluding carboxylic acids is 2. The van der Waals surface area contributed by atoms with Crippen molar-refractivity contribution in [1.29, 1.82) is 0 Å². The second-order valence-corrected chi connectivity index (χ2v) is 12.0. The van der Waals surface area contributed by atoms with Crippen molar-refractivity contribution >= 4 is 23.2 Å². The largest absolute Gasteiger partial charge is 0.497 e. The molecule has 0 radical (unpaired) electrons. The van der Waals surface area contributed by atoms with Gasteiger partial charge < -0.3 is 24.4 Å². The highest BCUT2D eigenvalue weighted by atomic mass is 16.5. The highest BCUT2D eigenvalue weighted by Crippen LogP contribution is 2.59. The number of aliphatic hydroxyl groups is 1. The molecular formula is C34H38N2O5. The van der Waals surface area contributed by atoms with Crippen LogP contribution in [-0.2, 0) is 31.9 Å². The zero-order valence-electron chi connectivity index (χ0n) is 24.2. The Bertz CT molecular complexity index is 1470. The standard InChI is InChI=1S/C34H38N2O5/c1-22-31(33(2,3)24-12-14-26(40-4)15-13-24)29(17-19-37)41-34(22)27-10-5-6-11-28(27)36(32(34)39)21-23-8-7-9-25(20-23)35-18-16-30(35)38/h5-15,20,22,29,31,37H,16-19,21H2,1-4H3/t22-,29+,31-,34+/m0/s1. The van der Waals surface area contributed by atoms with E-state index < -0.39 is 5.60 Å². The Morgan fingerprint density at radius 1 is 1.05 bits per heavy atom. The average molecular weight is 555 g/mol. The summed E-state index contributed by atoms with van der Waals surface area (Å²) in [6, 6.07) is 23.9. The molecule has 0 unspecified atom stereocenters. The van der Waals surface area contributed by atoms with Crippen molar-refractivity contribution in [3.63, 3.8) is 0 Å². The van der Waals surface area contributed by atoms with Crippen LogP contribution in [0.2, 0.25) is 0 Å². The number of β-lactam (4-membered cyclic amide) rings is 1. The fourth-order valence-electron chi connectivity index (χ4n) is 7.42. The number of methoxy groups -OCH3 is 1. The Kier molecular flexibility index (Phi) is 6.91. The molecule has 0 aromatic heterocycles. The number of para-hydroxylation sites is 1. The van der Waals surface area contributed by atoms with E-state index in [0.29, 0.717) is 19.4 Å². The highest BCUT2D eigenvalue weighted by molar-refractivity contribution is 6.07. The molecule has 4 atom stereocenters. The van der Waals surface area contributed by atoms with Crippen LogP contribution in [-0.4, -0.2) is 43.3 Å². The van der Waals surface area contributed by atoms with Gasteiger partial charge in [0.1, 0.15) is 5.75 Å². The zero-order chi connectivity index (χ0) is 28.9. The summed E-state index contributed by atoms with van der Waals surface area (Å²) < 4.78 is 12.3. The third kappa shape index (κ3) is 4.25. The molecule has 3 aliphatic rings. The van der Waals surface area contributed by atoms with E-state index in [-0.39, 0.29) is 41.8 Å². The van der Waals surface area contributed by atoms with Crippen molar-refractivity contribution in [2.24, 2.45) is 11.8 Å². The Labute approximate surface area is 241 Å². The smallest absolute Gasteiger partial charge is 0.264 e. The molecule has 0 saturated carbocycles. The predicted octanol–water partition coefficient (Wildman–Crippen LogP) is 5.19. The van der Waals surface area contributed by atoms with Crippen LogP contribution in [0, 0.1) is 11.8 Å². The van der Waals surface area contributed by atoms with Gasteiger partial charge in [-0.05, 0) is 53.3 Å². The predicted molar refractivity (Wildman–Crippen MR) is 158 cm³/mol. The quantitative estimate of drug-likeness (QED) is 0.388. The fraction of sp³-hybridized carbons (Fsp3) is 0.412. The first-order valence-corrected chi connectivity index (χ1v) is 14.5. The van der Waals surface area contributed by atoms with Gasteiger partial charge in [-0.3, -0.25) is 9.59 Å². The van der Waals surface area contributed by atoms with E-state index in [2.05, 4.69) is 32.9 Å². The molecule has 1 spiro atoms. The lowest BCUT2D eigenvalue weighted by atomic mass is 9.63. The summed E-state index contributed by atoms with van der Waals surface area (Å²) in [6.45, 7) is 7.61. The van der Waals surface area contributed by atoms with E-state index in [9.17, 15) is 14.7 Å². The van der Waals surface area contributed by atoms with Crippen molar-refractivity contribution in [3.8, 4) is 5.75 Å². The van der Waals surface area contributed by atoms with Gasteiger partial charge in [-0.1, -0.05) is 63.2 Å². The lowest BCUT2D eigenvalue weighted by Crippen LogP contribution is -2.46. The number of ether oxygens (including phenoxy) is 2. The first-order valence-electron chi connectivity index (χ1n) is 14.5. The maximum absolute atomic E-state index is 14.6. The average Bonchev–Trinajstić information content (AvgIpc) is 3.39. The highest BCUT2D eigenvalue weighted by Gasteiger charge is 2.65. The molecular weight excluding hydrogens is 516 g/mol. The Morgan fingerprint density at radius 2 is 1.80 bits per heavy atom. The van der Waals surface area contributed by atoms with Gasteiger partial charge in [-0.2, -0.15) is 0 Å². The Hall–Kier alpha value is -3.68. The van der Waals surface area contributed by atoms with Gasteiger partial charge in [0.05, 0.1) is 25.4 Å². The van der Waals surface area contributed by atoms with E-state index in [1.165, 1.54) is 0 Å². The number of benzene rings is 3. The summed E-state index contributed by atoms with van der Waals surface area (Å²) in [4.78, 5) is 30.3. The molecule has 214 valence electrons. The van der Waals surface area contributed by atoms with Gasteiger partial charge in [0.2, 0.25) is 5.91 Å². The summed E-state index contributed by atoms with van der Waals surface area (Å²) in [5, 5.41) is 10.1. The van der Waals surface area contributed by atoms with Crippen molar-refractivity contribution in [2.45, 2.75) is 57.3 Å². The molecule has 2 amide bonds. The number of anilines is 2. The van der Waals surface area contributed by atoms with Crippen LogP contribution in [0.15, 0.2) is 72.8 Å². The number of amides is 2. The minimum absolute atomic E-state index is 0.0236. The van der Waals surface area contributed by atoms with Crippen LogP contribution in [0.3, 0.4) is 0 Å². The third-order valence-electron chi connectivity index (χ3n) is 9.57. The van der Waals surface area contributed by atoms with Gasteiger partial charge in [0.25, 0.3) is 5.91 Å². The molecule has 2 saturated heterocycles. The van der Waals surface area contributed by atoms with Crippen molar-refractivity contribution in [2.75, 3.05) is 30.1 Å². The van der Waals surface area contributed by atoms with Gasteiger partial charge in [-0.25, -0.2) is 0 Å². The molecule has 6 rings (SSSR count). The fourth-order valence-corrected chi connectivity index (χ4v) is 7.42. The number of hydrogen-bond donors (Lipinski definition) is 1. The van der Waals surface area contributed by atoms with E-state index in [1.54, 1.807) is 12.0 Å². The zero-order valence-corrected chi connectivity index (χ0v) is 24.2. The van der Waals surface area contributed by atoms with Crippen LogP contribution >= 0.6 is 0 Å². The van der Waals surface area contributed by atoms with E-state index >= 15 is 0 Å². The molecule has 0 aliphatic carbocycles. The van der Waals surface area contributed by atoms with E-state index in [0.717, 1.165) is 40.4 Å².